The van der Waals surface area contributed by atoms with Crippen molar-refractivity contribution in [1.29, 1.82) is 0 Å². The van der Waals surface area contributed by atoms with Crippen molar-refractivity contribution < 1.29 is 9.59 Å². The summed E-state index contributed by atoms with van der Waals surface area (Å²) in [6, 6.07) is 15.3. The molecule has 0 bridgehead atoms. The molecule has 4 rings (SSSR count). The molecule has 1 aliphatic rings. The van der Waals surface area contributed by atoms with Crippen molar-refractivity contribution in [3.8, 4) is 0 Å². The maximum Gasteiger partial charge on any atom is 0.241 e. The number of nitrogens with one attached hydrogen (secondary N) is 1. The molecule has 0 unspecified atom stereocenters. The Hall–Kier alpha value is -2.88. The highest BCUT2D eigenvalue weighted by molar-refractivity contribution is 6.23. The third-order valence-corrected chi connectivity index (χ3v) is 4.50. The zero-order valence-corrected chi connectivity index (χ0v) is 12.7. The smallest absolute Gasteiger partial charge is 0.241 e. The van der Waals surface area contributed by atoms with Crippen molar-refractivity contribution in [2.24, 2.45) is 0 Å². The number of carbonyl (C=O) groups is 2. The van der Waals surface area contributed by atoms with E-state index >= 15 is 0 Å². The van der Waals surface area contributed by atoms with E-state index in [2.05, 4.69) is 4.98 Å². The Labute approximate surface area is 133 Å². The SMILES string of the molecule is Cc1ccccc1N1C(=O)C[C@@H](c2c[nH]c3ccccc23)C1=O. The van der Waals surface area contributed by atoms with E-state index in [0.29, 0.717) is 5.69 Å². The molecule has 0 saturated carbocycles. The number of rotatable bonds is 2. The van der Waals surface area contributed by atoms with Crippen molar-refractivity contribution in [2.45, 2.75) is 19.3 Å². The van der Waals surface area contributed by atoms with Gasteiger partial charge in [0.05, 0.1) is 11.6 Å². The van der Waals surface area contributed by atoms with Gasteiger partial charge >= 0.3 is 0 Å². The Balaban J connectivity index is 1.77. The highest BCUT2D eigenvalue weighted by Crippen LogP contribution is 2.37. The number of H-pyrrole nitrogens is 1. The van der Waals surface area contributed by atoms with Gasteiger partial charge in [-0.2, -0.15) is 0 Å². The molecule has 1 atom stereocenters. The first-order valence-electron chi connectivity index (χ1n) is 7.65. The number of para-hydroxylation sites is 2. The van der Waals surface area contributed by atoms with Crippen molar-refractivity contribution in [3.63, 3.8) is 0 Å². The lowest BCUT2D eigenvalue weighted by Gasteiger charge is -2.17. The van der Waals surface area contributed by atoms with Crippen LogP contribution in [0.25, 0.3) is 10.9 Å². The minimum atomic E-state index is -0.418. The number of aryl methyl sites for hydroxylation is 1. The number of hydrogen-bond acceptors (Lipinski definition) is 2. The van der Waals surface area contributed by atoms with E-state index in [1.807, 2.05) is 61.7 Å². The standard InChI is InChI=1S/C19H16N2O2/c1-12-6-2-5-9-17(12)21-18(22)10-14(19(21)23)15-11-20-16-8-4-3-7-13(15)16/h2-9,11,14,20H,10H2,1H3/t14-/m0/s1. The number of fused-ring (bicyclic) bond motifs is 1. The van der Waals surface area contributed by atoms with E-state index in [-0.39, 0.29) is 18.2 Å². The third-order valence-electron chi connectivity index (χ3n) is 4.50. The number of carbonyl (C=O) groups excluding carboxylic acids is 2. The fourth-order valence-corrected chi connectivity index (χ4v) is 3.32. The second-order valence-corrected chi connectivity index (χ2v) is 5.90. The molecule has 2 amide bonds. The first-order valence-corrected chi connectivity index (χ1v) is 7.65. The number of hydrogen-bond donors (Lipinski definition) is 1. The highest BCUT2D eigenvalue weighted by Gasteiger charge is 2.41. The van der Waals surface area contributed by atoms with E-state index < -0.39 is 5.92 Å². The van der Waals surface area contributed by atoms with Crippen LogP contribution in [0.1, 0.15) is 23.5 Å². The normalized spacial score (nSPS) is 18.1. The van der Waals surface area contributed by atoms with Crippen molar-refractivity contribution in [3.05, 3.63) is 65.9 Å². The van der Waals surface area contributed by atoms with Gasteiger partial charge in [-0.1, -0.05) is 36.4 Å². The maximum absolute atomic E-state index is 12.9. The fourth-order valence-electron chi connectivity index (χ4n) is 3.32. The summed E-state index contributed by atoms with van der Waals surface area (Å²) in [4.78, 5) is 29.9. The summed E-state index contributed by atoms with van der Waals surface area (Å²) in [5, 5.41) is 1.00. The molecule has 23 heavy (non-hydrogen) atoms. The van der Waals surface area contributed by atoms with Crippen LogP contribution in [0.2, 0.25) is 0 Å². The minimum Gasteiger partial charge on any atom is -0.361 e. The van der Waals surface area contributed by atoms with Crippen LogP contribution in [0.3, 0.4) is 0 Å². The third kappa shape index (κ3) is 2.06. The van der Waals surface area contributed by atoms with Gasteiger partial charge in [-0.05, 0) is 30.2 Å². The zero-order chi connectivity index (χ0) is 16.0. The summed E-state index contributed by atoms with van der Waals surface area (Å²) in [5.74, 6) is -0.702. The minimum absolute atomic E-state index is 0.139. The number of aromatic nitrogens is 1. The molecular formula is C19H16N2O2. The van der Waals surface area contributed by atoms with Crippen LogP contribution in [-0.2, 0) is 9.59 Å². The molecule has 1 saturated heterocycles. The zero-order valence-electron chi connectivity index (χ0n) is 12.7. The van der Waals surface area contributed by atoms with E-state index in [4.69, 9.17) is 0 Å². The summed E-state index contributed by atoms with van der Waals surface area (Å²) in [6.45, 7) is 1.91. The quantitative estimate of drug-likeness (QED) is 0.736. The first-order chi connectivity index (χ1) is 11.2. The van der Waals surface area contributed by atoms with Crippen LogP contribution in [0.5, 0.6) is 0 Å². The second-order valence-electron chi connectivity index (χ2n) is 5.90. The molecule has 2 aromatic carbocycles. The summed E-state index contributed by atoms with van der Waals surface area (Å²) >= 11 is 0. The van der Waals surface area contributed by atoms with Crippen molar-refractivity contribution in [2.75, 3.05) is 4.90 Å². The number of aromatic amines is 1. The number of amides is 2. The molecule has 1 N–H and O–H groups in total. The van der Waals surface area contributed by atoms with Gasteiger partial charge in [-0.15, -0.1) is 0 Å². The molecule has 1 aromatic heterocycles. The Kier molecular flexibility index (Phi) is 3.05. The van der Waals surface area contributed by atoms with Crippen LogP contribution in [0.4, 0.5) is 5.69 Å². The summed E-state index contributed by atoms with van der Waals surface area (Å²) < 4.78 is 0. The van der Waals surface area contributed by atoms with Crippen molar-refractivity contribution in [1.82, 2.24) is 4.98 Å². The van der Waals surface area contributed by atoms with E-state index in [1.54, 1.807) is 0 Å². The second kappa shape index (κ2) is 5.09. The van der Waals surface area contributed by atoms with Gasteiger partial charge < -0.3 is 4.98 Å². The average Bonchev–Trinajstić information content (AvgIpc) is 3.09. The molecule has 4 nitrogen and oxygen atoms in total. The predicted octanol–water partition coefficient (Wildman–Crippen LogP) is 3.52. The predicted molar refractivity (Wildman–Crippen MR) is 89.3 cm³/mol. The molecule has 0 radical (unpaired) electrons. The van der Waals surface area contributed by atoms with Crippen LogP contribution >= 0.6 is 0 Å². The summed E-state index contributed by atoms with van der Waals surface area (Å²) in [7, 11) is 0. The number of anilines is 1. The van der Waals surface area contributed by atoms with Gasteiger partial charge in [0.25, 0.3) is 0 Å². The lowest BCUT2D eigenvalue weighted by Crippen LogP contribution is -2.30. The molecule has 0 aliphatic carbocycles. The van der Waals surface area contributed by atoms with Crippen LogP contribution in [-0.4, -0.2) is 16.8 Å². The monoisotopic (exact) mass is 304 g/mol. The molecule has 114 valence electrons. The Morgan fingerprint density at radius 3 is 2.61 bits per heavy atom. The molecule has 4 heteroatoms. The van der Waals surface area contributed by atoms with E-state index in [1.165, 1.54) is 4.90 Å². The maximum atomic E-state index is 12.9. The van der Waals surface area contributed by atoms with Crippen molar-refractivity contribution >= 4 is 28.4 Å². The van der Waals surface area contributed by atoms with E-state index in [0.717, 1.165) is 22.0 Å². The van der Waals surface area contributed by atoms with Gasteiger partial charge in [0, 0.05) is 23.5 Å². The van der Waals surface area contributed by atoms with Crippen LogP contribution in [0, 0.1) is 6.92 Å². The topological polar surface area (TPSA) is 53.2 Å². The molecular weight excluding hydrogens is 288 g/mol. The highest BCUT2D eigenvalue weighted by atomic mass is 16.2. The summed E-state index contributed by atoms with van der Waals surface area (Å²) in [5.41, 5.74) is 3.49. The fraction of sp³-hybridized carbons (Fsp3) is 0.158. The van der Waals surface area contributed by atoms with E-state index in [9.17, 15) is 9.59 Å². The Morgan fingerprint density at radius 2 is 1.78 bits per heavy atom. The van der Waals surface area contributed by atoms with Crippen LogP contribution in [0.15, 0.2) is 54.7 Å². The molecule has 3 aromatic rings. The molecule has 2 heterocycles. The Bertz CT molecular complexity index is 926. The van der Waals surface area contributed by atoms with Gasteiger partial charge in [-0.3, -0.25) is 9.59 Å². The van der Waals surface area contributed by atoms with Crippen LogP contribution < -0.4 is 4.90 Å². The van der Waals surface area contributed by atoms with Gasteiger partial charge in [-0.25, -0.2) is 4.90 Å². The lowest BCUT2D eigenvalue weighted by atomic mass is 9.97. The van der Waals surface area contributed by atoms with Gasteiger partial charge in [0.15, 0.2) is 0 Å². The molecule has 1 aliphatic heterocycles. The molecule has 1 fully saturated rings. The summed E-state index contributed by atoms with van der Waals surface area (Å²) in [6.07, 6.45) is 2.07. The van der Waals surface area contributed by atoms with Gasteiger partial charge in [0.1, 0.15) is 0 Å². The first kappa shape index (κ1) is 13.8. The largest absolute Gasteiger partial charge is 0.361 e. The number of benzene rings is 2. The average molecular weight is 304 g/mol. The number of nitrogens with zero attached hydrogens (tertiary/aromatic N) is 1. The van der Waals surface area contributed by atoms with Gasteiger partial charge in [0.2, 0.25) is 11.8 Å². The molecule has 0 spiro atoms. The lowest BCUT2D eigenvalue weighted by molar-refractivity contribution is -0.121. The Morgan fingerprint density at radius 1 is 1.04 bits per heavy atom. The number of imide groups is 1.